The van der Waals surface area contributed by atoms with Crippen LogP contribution in [0.3, 0.4) is 0 Å². The van der Waals surface area contributed by atoms with Gasteiger partial charge in [-0.25, -0.2) is 0 Å². The van der Waals surface area contributed by atoms with Crippen molar-refractivity contribution >= 4 is 5.69 Å². The predicted octanol–water partition coefficient (Wildman–Crippen LogP) is 2.90. The van der Waals surface area contributed by atoms with Crippen LogP contribution in [0.5, 0.6) is 0 Å². The van der Waals surface area contributed by atoms with Gasteiger partial charge in [0.15, 0.2) is 0 Å². The van der Waals surface area contributed by atoms with E-state index in [1.165, 1.54) is 44.6 Å². The molecule has 0 aliphatic carbocycles. The van der Waals surface area contributed by atoms with Crippen LogP contribution in [0, 0.1) is 5.92 Å². The van der Waals surface area contributed by atoms with E-state index in [1.54, 1.807) is 0 Å². The van der Waals surface area contributed by atoms with E-state index in [-0.39, 0.29) is 0 Å². The molecule has 1 saturated heterocycles. The maximum Gasteiger partial charge on any atom is 0.0366 e. The molecule has 2 heteroatoms. The van der Waals surface area contributed by atoms with Crippen LogP contribution in [-0.2, 0) is 0 Å². The molecule has 0 unspecified atom stereocenters. The van der Waals surface area contributed by atoms with Crippen LogP contribution in [-0.4, -0.2) is 26.2 Å². The van der Waals surface area contributed by atoms with Crippen LogP contribution >= 0.6 is 0 Å². The van der Waals surface area contributed by atoms with Gasteiger partial charge in [-0.1, -0.05) is 18.2 Å². The maximum absolute atomic E-state index is 3.43. The lowest BCUT2D eigenvalue weighted by molar-refractivity contribution is 0.355. The van der Waals surface area contributed by atoms with Crippen molar-refractivity contribution < 1.29 is 0 Å². The van der Waals surface area contributed by atoms with Gasteiger partial charge in [0.05, 0.1) is 0 Å². The monoisotopic (exact) mass is 232 g/mol. The topological polar surface area (TPSA) is 15.3 Å². The predicted molar refractivity (Wildman–Crippen MR) is 74.5 cm³/mol. The smallest absolute Gasteiger partial charge is 0.0366 e. The van der Waals surface area contributed by atoms with Crippen LogP contribution in [0.4, 0.5) is 5.69 Å². The van der Waals surface area contributed by atoms with Crippen molar-refractivity contribution in [3.8, 4) is 0 Å². The fourth-order valence-corrected chi connectivity index (χ4v) is 2.62. The normalized spacial score (nSPS) is 17.0. The van der Waals surface area contributed by atoms with Crippen molar-refractivity contribution in [2.24, 2.45) is 5.92 Å². The van der Waals surface area contributed by atoms with Gasteiger partial charge in [-0.3, -0.25) is 0 Å². The first kappa shape index (κ1) is 12.4. The Morgan fingerprint density at radius 1 is 1.18 bits per heavy atom. The zero-order chi connectivity index (χ0) is 11.9. The summed E-state index contributed by atoms with van der Waals surface area (Å²) >= 11 is 0. The molecule has 1 heterocycles. The molecule has 0 amide bonds. The summed E-state index contributed by atoms with van der Waals surface area (Å²) in [5, 5.41) is 3.43. The minimum absolute atomic E-state index is 0.925. The molecule has 1 aliphatic rings. The third-order valence-corrected chi connectivity index (χ3v) is 3.77. The Kier molecular flexibility index (Phi) is 4.87. The van der Waals surface area contributed by atoms with E-state index in [0.717, 1.165) is 12.5 Å². The van der Waals surface area contributed by atoms with E-state index < -0.39 is 0 Å². The zero-order valence-electron chi connectivity index (χ0n) is 10.9. The van der Waals surface area contributed by atoms with Crippen molar-refractivity contribution in [3.63, 3.8) is 0 Å². The van der Waals surface area contributed by atoms with E-state index >= 15 is 0 Å². The minimum atomic E-state index is 0.925. The molecule has 0 atom stereocenters. The number of nitrogens with one attached hydrogen (secondary N) is 1. The first-order valence-electron chi connectivity index (χ1n) is 6.91. The Morgan fingerprint density at radius 3 is 2.53 bits per heavy atom. The number of piperidine rings is 1. The molecule has 0 aromatic heterocycles. The van der Waals surface area contributed by atoms with Crippen LogP contribution in [0.25, 0.3) is 0 Å². The summed E-state index contributed by atoms with van der Waals surface area (Å²) in [6.45, 7) is 6.97. The van der Waals surface area contributed by atoms with Gasteiger partial charge in [-0.2, -0.15) is 0 Å². The number of anilines is 1. The molecule has 1 aromatic rings. The number of para-hydroxylation sites is 1. The van der Waals surface area contributed by atoms with Gasteiger partial charge in [-0.15, -0.1) is 0 Å². The minimum Gasteiger partial charge on any atom is -0.372 e. The second-order valence-corrected chi connectivity index (χ2v) is 4.90. The molecule has 0 bridgehead atoms. The van der Waals surface area contributed by atoms with Gasteiger partial charge < -0.3 is 10.2 Å². The highest BCUT2D eigenvalue weighted by molar-refractivity contribution is 5.45. The quantitative estimate of drug-likeness (QED) is 0.839. The average molecular weight is 232 g/mol. The molecule has 1 N–H and O–H groups in total. The molecule has 94 valence electrons. The first-order valence-corrected chi connectivity index (χ1v) is 6.91. The fraction of sp³-hybridized carbons (Fsp3) is 0.600. The Bertz CT molecular complexity index is 304. The van der Waals surface area contributed by atoms with Crippen LogP contribution < -0.4 is 10.2 Å². The van der Waals surface area contributed by atoms with Crippen LogP contribution in [0.2, 0.25) is 0 Å². The zero-order valence-corrected chi connectivity index (χ0v) is 10.9. The number of hydrogen-bond acceptors (Lipinski definition) is 2. The summed E-state index contributed by atoms with van der Waals surface area (Å²) < 4.78 is 0. The maximum atomic E-state index is 3.43. The highest BCUT2D eigenvalue weighted by Crippen LogP contribution is 2.19. The molecule has 1 aromatic carbocycles. The van der Waals surface area contributed by atoms with Gasteiger partial charge >= 0.3 is 0 Å². The Hall–Kier alpha value is -1.02. The largest absolute Gasteiger partial charge is 0.372 e. The molecule has 2 rings (SSSR count). The standard InChI is InChI=1S/C15H24N2/c1-2-17(15-6-4-3-5-7-15)13-10-14-8-11-16-12-9-14/h3-7,14,16H,2,8-13H2,1H3. The van der Waals surface area contributed by atoms with E-state index in [2.05, 4.69) is 47.5 Å². The summed E-state index contributed by atoms with van der Waals surface area (Å²) in [6.07, 6.45) is 4.04. The van der Waals surface area contributed by atoms with Crippen molar-refractivity contribution in [1.29, 1.82) is 0 Å². The molecule has 1 aliphatic heterocycles. The van der Waals surface area contributed by atoms with Crippen LogP contribution in [0.15, 0.2) is 30.3 Å². The lowest BCUT2D eigenvalue weighted by Crippen LogP contribution is -2.31. The van der Waals surface area contributed by atoms with Crippen LogP contribution in [0.1, 0.15) is 26.2 Å². The van der Waals surface area contributed by atoms with Gasteiger partial charge in [0.25, 0.3) is 0 Å². The van der Waals surface area contributed by atoms with Crippen molar-refractivity contribution in [2.45, 2.75) is 26.2 Å². The molecule has 0 radical (unpaired) electrons. The SMILES string of the molecule is CCN(CCC1CCNCC1)c1ccccc1. The van der Waals surface area contributed by atoms with Gasteiger partial charge in [0, 0.05) is 18.8 Å². The lowest BCUT2D eigenvalue weighted by Gasteiger charge is -2.28. The first-order chi connectivity index (χ1) is 8.40. The van der Waals surface area contributed by atoms with Crippen molar-refractivity contribution in [1.82, 2.24) is 5.32 Å². The van der Waals surface area contributed by atoms with E-state index in [9.17, 15) is 0 Å². The average Bonchev–Trinajstić information content (AvgIpc) is 2.42. The number of hydrogen-bond donors (Lipinski definition) is 1. The summed E-state index contributed by atoms with van der Waals surface area (Å²) in [5.41, 5.74) is 1.36. The molecule has 2 nitrogen and oxygen atoms in total. The van der Waals surface area contributed by atoms with Crippen molar-refractivity contribution in [3.05, 3.63) is 30.3 Å². The number of rotatable bonds is 5. The summed E-state index contributed by atoms with van der Waals surface area (Å²) in [4.78, 5) is 2.49. The highest BCUT2D eigenvalue weighted by Gasteiger charge is 2.14. The Labute approximate surface area is 105 Å². The lowest BCUT2D eigenvalue weighted by atomic mass is 9.94. The van der Waals surface area contributed by atoms with E-state index in [0.29, 0.717) is 0 Å². The second-order valence-electron chi connectivity index (χ2n) is 4.90. The summed E-state index contributed by atoms with van der Waals surface area (Å²) in [7, 11) is 0. The highest BCUT2D eigenvalue weighted by atomic mass is 15.1. The summed E-state index contributed by atoms with van der Waals surface area (Å²) in [5.74, 6) is 0.925. The fourth-order valence-electron chi connectivity index (χ4n) is 2.62. The third-order valence-electron chi connectivity index (χ3n) is 3.77. The molecule has 1 fully saturated rings. The Balaban J connectivity index is 1.83. The molecule has 0 saturated carbocycles. The summed E-state index contributed by atoms with van der Waals surface area (Å²) in [6, 6.07) is 10.8. The van der Waals surface area contributed by atoms with Crippen molar-refractivity contribution in [2.75, 3.05) is 31.1 Å². The van der Waals surface area contributed by atoms with Gasteiger partial charge in [-0.05, 0) is 57.3 Å². The number of benzene rings is 1. The van der Waals surface area contributed by atoms with E-state index in [4.69, 9.17) is 0 Å². The third kappa shape index (κ3) is 3.74. The Morgan fingerprint density at radius 2 is 1.88 bits per heavy atom. The second kappa shape index (κ2) is 6.65. The van der Waals surface area contributed by atoms with E-state index in [1.807, 2.05) is 0 Å². The van der Waals surface area contributed by atoms with Gasteiger partial charge in [0.1, 0.15) is 0 Å². The van der Waals surface area contributed by atoms with Gasteiger partial charge in [0.2, 0.25) is 0 Å². The number of nitrogens with zero attached hydrogens (tertiary/aromatic N) is 1. The molecule has 17 heavy (non-hydrogen) atoms. The molecule has 0 spiro atoms. The molecular formula is C15H24N2. The molecular weight excluding hydrogens is 208 g/mol.